The Labute approximate surface area is 243 Å². The Morgan fingerprint density at radius 2 is 1.68 bits per heavy atom. The van der Waals surface area contributed by atoms with Crippen molar-refractivity contribution >= 4 is 35.2 Å². The molecule has 0 saturated carbocycles. The van der Waals surface area contributed by atoms with Gasteiger partial charge in [-0.15, -0.1) is 0 Å². The minimum Gasteiger partial charge on any atom is -0.508 e. The number of para-hydroxylation sites is 1. The number of aryl methyl sites for hydroxylation is 1. The molecule has 0 heterocycles. The van der Waals surface area contributed by atoms with Crippen LogP contribution in [0.15, 0.2) is 42.5 Å². The fourth-order valence-corrected chi connectivity index (χ4v) is 4.58. The molecule has 40 heavy (non-hydrogen) atoms. The SMILES string of the molecule is CCCCCCN(C(=O)C(NC(=O)OC(C)(C)C)C(C)C)C(C(=O)Nc1c(C)cccc1Cl)c1ccc(O)cc1. The van der Waals surface area contributed by atoms with E-state index in [1.54, 1.807) is 45.0 Å². The van der Waals surface area contributed by atoms with Gasteiger partial charge in [0.15, 0.2) is 0 Å². The number of rotatable bonds is 12. The number of ether oxygens (including phenoxy) is 1. The molecule has 8 nitrogen and oxygen atoms in total. The van der Waals surface area contributed by atoms with Crippen LogP contribution in [0.5, 0.6) is 5.75 Å². The van der Waals surface area contributed by atoms with Crippen molar-refractivity contribution in [2.75, 3.05) is 11.9 Å². The van der Waals surface area contributed by atoms with E-state index in [1.165, 1.54) is 17.0 Å². The number of nitrogens with one attached hydrogen (secondary N) is 2. The molecule has 3 N–H and O–H groups in total. The number of carbonyl (C=O) groups excluding carboxylic acids is 3. The van der Waals surface area contributed by atoms with Crippen LogP contribution in [-0.2, 0) is 14.3 Å². The smallest absolute Gasteiger partial charge is 0.408 e. The number of aromatic hydroxyl groups is 1. The summed E-state index contributed by atoms with van der Waals surface area (Å²) in [5, 5.41) is 16.0. The molecular formula is C31H44ClN3O5. The van der Waals surface area contributed by atoms with Gasteiger partial charge in [-0.05, 0) is 69.4 Å². The van der Waals surface area contributed by atoms with Crippen molar-refractivity contribution in [1.29, 1.82) is 0 Å². The van der Waals surface area contributed by atoms with Gasteiger partial charge in [0.1, 0.15) is 23.4 Å². The summed E-state index contributed by atoms with van der Waals surface area (Å²) >= 11 is 6.42. The molecule has 0 spiro atoms. The number of nitrogens with zero attached hydrogens (tertiary/aromatic N) is 1. The maximum absolute atomic E-state index is 14.2. The molecule has 2 aromatic carbocycles. The van der Waals surface area contributed by atoms with Crippen LogP contribution in [0.3, 0.4) is 0 Å². The largest absolute Gasteiger partial charge is 0.508 e. The average Bonchev–Trinajstić information content (AvgIpc) is 2.86. The number of amides is 3. The number of carbonyl (C=O) groups is 3. The van der Waals surface area contributed by atoms with Crippen LogP contribution in [0.2, 0.25) is 5.02 Å². The van der Waals surface area contributed by atoms with Crippen LogP contribution in [0.25, 0.3) is 0 Å². The fourth-order valence-electron chi connectivity index (χ4n) is 4.31. The zero-order valence-corrected chi connectivity index (χ0v) is 25.5. The van der Waals surface area contributed by atoms with Gasteiger partial charge in [-0.1, -0.05) is 75.9 Å². The van der Waals surface area contributed by atoms with Crippen molar-refractivity contribution in [1.82, 2.24) is 10.2 Å². The van der Waals surface area contributed by atoms with Crippen molar-refractivity contribution in [3.8, 4) is 5.75 Å². The third kappa shape index (κ3) is 9.73. The predicted octanol–water partition coefficient (Wildman–Crippen LogP) is 6.99. The van der Waals surface area contributed by atoms with E-state index in [-0.39, 0.29) is 11.7 Å². The van der Waals surface area contributed by atoms with Crippen LogP contribution in [0, 0.1) is 12.8 Å². The van der Waals surface area contributed by atoms with Crippen molar-refractivity contribution in [3.63, 3.8) is 0 Å². The van der Waals surface area contributed by atoms with Gasteiger partial charge in [0.05, 0.1) is 10.7 Å². The maximum atomic E-state index is 14.2. The molecule has 0 radical (unpaired) electrons. The average molecular weight is 574 g/mol. The first-order chi connectivity index (χ1) is 18.7. The fraction of sp³-hybridized carbons (Fsp3) is 0.516. The summed E-state index contributed by atoms with van der Waals surface area (Å²) in [4.78, 5) is 42.4. The van der Waals surface area contributed by atoms with Crippen LogP contribution in [-0.4, -0.2) is 46.1 Å². The number of unbranched alkanes of at least 4 members (excludes halogenated alkanes) is 3. The number of benzene rings is 2. The second kappa shape index (κ2) is 14.9. The summed E-state index contributed by atoms with van der Waals surface area (Å²) in [7, 11) is 0. The molecule has 0 bridgehead atoms. The van der Waals surface area contributed by atoms with Gasteiger partial charge in [0, 0.05) is 6.54 Å². The molecule has 0 aromatic heterocycles. The molecule has 0 saturated heterocycles. The van der Waals surface area contributed by atoms with E-state index in [4.69, 9.17) is 16.3 Å². The summed E-state index contributed by atoms with van der Waals surface area (Å²) in [6.45, 7) is 13.1. The molecule has 0 fully saturated rings. The van der Waals surface area contributed by atoms with Gasteiger partial charge < -0.3 is 25.4 Å². The normalized spacial score (nSPS) is 12.9. The lowest BCUT2D eigenvalue weighted by atomic mass is 9.98. The molecule has 2 aromatic rings. The molecule has 9 heteroatoms. The number of halogens is 1. The Morgan fingerprint density at radius 1 is 1.02 bits per heavy atom. The van der Waals surface area contributed by atoms with Crippen LogP contribution in [0.1, 0.15) is 84.4 Å². The first-order valence-electron chi connectivity index (χ1n) is 13.9. The second-order valence-electron chi connectivity index (χ2n) is 11.4. The molecule has 3 amide bonds. The highest BCUT2D eigenvalue weighted by Gasteiger charge is 2.37. The molecule has 2 atom stereocenters. The second-order valence-corrected chi connectivity index (χ2v) is 11.8. The van der Waals surface area contributed by atoms with Crippen molar-refractivity contribution in [2.24, 2.45) is 5.92 Å². The standard InChI is InChI=1S/C31H44ClN3O5/c1-8-9-10-11-19-35(29(38)25(20(2)3)34-30(39)40-31(5,6)7)27(22-15-17-23(36)18-16-22)28(37)33-26-21(4)13-12-14-24(26)32/h12-18,20,25,27,36H,8-11,19H2,1-7H3,(H,33,37)(H,34,39). The third-order valence-corrected chi connectivity index (χ3v) is 6.69. The topological polar surface area (TPSA) is 108 Å². The number of hydrogen-bond donors (Lipinski definition) is 3. The van der Waals surface area contributed by atoms with E-state index in [0.29, 0.717) is 29.2 Å². The zero-order chi connectivity index (χ0) is 30.0. The third-order valence-electron chi connectivity index (χ3n) is 6.38. The highest BCUT2D eigenvalue weighted by molar-refractivity contribution is 6.34. The van der Waals surface area contributed by atoms with Crippen molar-refractivity contribution in [2.45, 2.75) is 91.8 Å². The van der Waals surface area contributed by atoms with Crippen LogP contribution < -0.4 is 10.6 Å². The van der Waals surface area contributed by atoms with Crippen LogP contribution >= 0.6 is 11.6 Å². The first kappa shape index (κ1) is 32.9. The zero-order valence-electron chi connectivity index (χ0n) is 24.7. The van der Waals surface area contributed by atoms with Gasteiger partial charge >= 0.3 is 6.09 Å². The monoisotopic (exact) mass is 573 g/mol. The van der Waals surface area contributed by atoms with E-state index in [1.807, 2.05) is 26.8 Å². The molecule has 220 valence electrons. The lowest BCUT2D eigenvalue weighted by Gasteiger charge is -2.36. The van der Waals surface area contributed by atoms with Gasteiger partial charge in [0.25, 0.3) is 5.91 Å². The summed E-state index contributed by atoms with van der Waals surface area (Å²) in [6.07, 6.45) is 2.84. The van der Waals surface area contributed by atoms with E-state index in [9.17, 15) is 19.5 Å². The minimum absolute atomic E-state index is 0.0392. The van der Waals surface area contributed by atoms with Crippen LogP contribution in [0.4, 0.5) is 10.5 Å². The Balaban J connectivity index is 2.55. The van der Waals surface area contributed by atoms with Crippen molar-refractivity contribution in [3.05, 3.63) is 58.6 Å². The Bertz CT molecular complexity index is 1120. The number of phenolic OH excluding ortho intramolecular Hbond substituents is 1. The lowest BCUT2D eigenvalue weighted by Crippen LogP contribution is -2.54. The lowest BCUT2D eigenvalue weighted by molar-refractivity contribution is -0.141. The Kier molecular flexibility index (Phi) is 12.3. The Hall–Kier alpha value is -3.26. The predicted molar refractivity (Wildman–Crippen MR) is 160 cm³/mol. The number of alkyl carbamates (subject to hydrolysis) is 1. The molecule has 0 aliphatic carbocycles. The minimum atomic E-state index is -1.05. The first-order valence-corrected chi connectivity index (χ1v) is 14.3. The van der Waals surface area contributed by atoms with E-state index < -0.39 is 35.6 Å². The molecule has 2 unspecified atom stereocenters. The molecule has 0 aliphatic heterocycles. The van der Waals surface area contributed by atoms with Gasteiger partial charge in [-0.2, -0.15) is 0 Å². The van der Waals surface area contributed by atoms with Gasteiger partial charge in [-0.3, -0.25) is 9.59 Å². The summed E-state index contributed by atoms with van der Waals surface area (Å²) in [5.41, 5.74) is 1.01. The maximum Gasteiger partial charge on any atom is 0.408 e. The quantitative estimate of drug-likeness (QED) is 0.237. The highest BCUT2D eigenvalue weighted by Crippen LogP contribution is 2.30. The summed E-state index contributed by atoms with van der Waals surface area (Å²) < 4.78 is 5.43. The van der Waals surface area contributed by atoms with Gasteiger partial charge in [0.2, 0.25) is 5.91 Å². The van der Waals surface area contributed by atoms with E-state index in [2.05, 4.69) is 17.6 Å². The Morgan fingerprint density at radius 3 is 2.23 bits per heavy atom. The summed E-state index contributed by atoms with van der Waals surface area (Å²) in [5.74, 6) is -1.10. The highest BCUT2D eigenvalue weighted by atomic mass is 35.5. The van der Waals surface area contributed by atoms with Crippen molar-refractivity contribution < 1.29 is 24.2 Å². The number of anilines is 1. The molecular weight excluding hydrogens is 530 g/mol. The van der Waals surface area contributed by atoms with Gasteiger partial charge in [-0.25, -0.2) is 4.79 Å². The summed E-state index contributed by atoms with van der Waals surface area (Å²) in [6, 6.07) is 9.54. The molecule has 0 aliphatic rings. The number of hydrogen-bond acceptors (Lipinski definition) is 5. The van der Waals surface area contributed by atoms with E-state index in [0.717, 1.165) is 24.8 Å². The van der Waals surface area contributed by atoms with E-state index >= 15 is 0 Å². The number of phenols is 1. The molecule has 2 rings (SSSR count).